The number of nitrogens with two attached hydrogens (primary N) is 1. The van der Waals surface area contributed by atoms with Crippen molar-refractivity contribution >= 4 is 5.82 Å². The maximum absolute atomic E-state index is 6.05. The fourth-order valence-electron chi connectivity index (χ4n) is 2.84. The third-order valence-corrected chi connectivity index (χ3v) is 4.36. The SMILES string of the molecule is CCc1cnc(-c2cc(C/C=C\CNC)n(Cc3ccccc3)n2)nc1N. The predicted octanol–water partition coefficient (Wildman–Crippen LogP) is 2.85. The molecule has 0 spiro atoms. The topological polar surface area (TPSA) is 81.7 Å². The molecule has 3 aromatic rings. The Hall–Kier alpha value is -2.99. The van der Waals surface area contributed by atoms with Crippen molar-refractivity contribution in [3.8, 4) is 11.5 Å². The van der Waals surface area contributed by atoms with Gasteiger partial charge in [-0.3, -0.25) is 4.68 Å². The second kappa shape index (κ2) is 9.09. The summed E-state index contributed by atoms with van der Waals surface area (Å²) in [7, 11) is 1.93. The van der Waals surface area contributed by atoms with Gasteiger partial charge < -0.3 is 11.1 Å². The Balaban J connectivity index is 1.91. The van der Waals surface area contributed by atoms with Crippen LogP contribution < -0.4 is 11.1 Å². The highest BCUT2D eigenvalue weighted by Crippen LogP contribution is 2.19. The standard InChI is InChI=1S/C21H26N6/c1-3-17-14-24-21(25-20(17)22)19-13-18(11-7-8-12-23-2)27(26-19)15-16-9-5-4-6-10-16/h4-10,13-14,23H,3,11-12,15H2,1-2H3,(H2,22,24,25)/b8-7-. The largest absolute Gasteiger partial charge is 0.383 e. The lowest BCUT2D eigenvalue weighted by atomic mass is 10.2. The Morgan fingerprint density at radius 2 is 2.00 bits per heavy atom. The van der Waals surface area contributed by atoms with Crippen LogP contribution in [0, 0.1) is 0 Å². The van der Waals surface area contributed by atoms with E-state index in [-0.39, 0.29) is 0 Å². The van der Waals surface area contributed by atoms with E-state index in [1.54, 1.807) is 6.20 Å². The summed E-state index contributed by atoms with van der Waals surface area (Å²) in [6, 6.07) is 12.4. The maximum atomic E-state index is 6.05. The van der Waals surface area contributed by atoms with Gasteiger partial charge in [-0.25, -0.2) is 9.97 Å². The molecule has 0 amide bonds. The molecule has 27 heavy (non-hydrogen) atoms. The van der Waals surface area contributed by atoms with Crippen molar-refractivity contribution in [3.63, 3.8) is 0 Å². The van der Waals surface area contributed by atoms with Crippen LogP contribution in [-0.4, -0.2) is 33.3 Å². The molecule has 0 saturated carbocycles. The summed E-state index contributed by atoms with van der Waals surface area (Å²) >= 11 is 0. The smallest absolute Gasteiger partial charge is 0.182 e. The Kier molecular flexibility index (Phi) is 6.33. The van der Waals surface area contributed by atoms with Gasteiger partial charge in [0.15, 0.2) is 5.82 Å². The van der Waals surface area contributed by atoms with Crippen molar-refractivity contribution in [2.75, 3.05) is 19.3 Å². The van der Waals surface area contributed by atoms with Crippen LogP contribution >= 0.6 is 0 Å². The number of aromatic nitrogens is 4. The van der Waals surface area contributed by atoms with Crippen LogP contribution in [0.3, 0.4) is 0 Å². The molecule has 3 rings (SSSR count). The van der Waals surface area contributed by atoms with Crippen LogP contribution in [0.25, 0.3) is 11.5 Å². The predicted molar refractivity (Wildman–Crippen MR) is 109 cm³/mol. The molecule has 140 valence electrons. The van der Waals surface area contributed by atoms with E-state index in [0.717, 1.165) is 36.3 Å². The van der Waals surface area contributed by atoms with Crippen LogP contribution in [-0.2, 0) is 19.4 Å². The highest BCUT2D eigenvalue weighted by Gasteiger charge is 2.13. The summed E-state index contributed by atoms with van der Waals surface area (Å²) in [6.07, 6.45) is 7.67. The Labute approximate surface area is 160 Å². The van der Waals surface area contributed by atoms with Crippen molar-refractivity contribution < 1.29 is 0 Å². The zero-order valence-electron chi connectivity index (χ0n) is 15.9. The summed E-state index contributed by atoms with van der Waals surface area (Å²) in [5, 5.41) is 7.87. The van der Waals surface area contributed by atoms with Gasteiger partial charge in [0.2, 0.25) is 0 Å². The van der Waals surface area contributed by atoms with Gasteiger partial charge in [-0.05, 0) is 25.1 Å². The van der Waals surface area contributed by atoms with E-state index in [1.807, 2.05) is 42.9 Å². The molecule has 3 N–H and O–H groups in total. The second-order valence-corrected chi connectivity index (χ2v) is 6.36. The van der Waals surface area contributed by atoms with Gasteiger partial charge in [-0.2, -0.15) is 5.10 Å². The van der Waals surface area contributed by atoms with Crippen molar-refractivity contribution in [1.29, 1.82) is 0 Å². The molecule has 0 bridgehead atoms. The van der Waals surface area contributed by atoms with E-state index >= 15 is 0 Å². The van der Waals surface area contributed by atoms with Gasteiger partial charge in [0.05, 0.1) is 6.54 Å². The van der Waals surface area contributed by atoms with E-state index in [0.29, 0.717) is 18.2 Å². The zero-order chi connectivity index (χ0) is 19.1. The van der Waals surface area contributed by atoms with Gasteiger partial charge in [0.1, 0.15) is 11.5 Å². The maximum Gasteiger partial charge on any atom is 0.182 e. The number of nitrogens with one attached hydrogen (secondary N) is 1. The van der Waals surface area contributed by atoms with Gasteiger partial charge >= 0.3 is 0 Å². The van der Waals surface area contributed by atoms with Crippen molar-refractivity contribution in [2.24, 2.45) is 0 Å². The number of hydrogen-bond acceptors (Lipinski definition) is 5. The van der Waals surface area contributed by atoms with Crippen LogP contribution in [0.1, 0.15) is 23.7 Å². The highest BCUT2D eigenvalue weighted by molar-refractivity contribution is 5.54. The van der Waals surface area contributed by atoms with Crippen molar-refractivity contribution in [2.45, 2.75) is 26.3 Å². The lowest BCUT2D eigenvalue weighted by molar-refractivity contribution is 0.657. The number of allylic oxidation sites excluding steroid dienone is 1. The summed E-state index contributed by atoms with van der Waals surface area (Å²) < 4.78 is 2.02. The monoisotopic (exact) mass is 362 g/mol. The van der Waals surface area contributed by atoms with Gasteiger partial charge in [0, 0.05) is 30.4 Å². The zero-order valence-corrected chi connectivity index (χ0v) is 15.9. The Morgan fingerprint density at radius 3 is 2.70 bits per heavy atom. The third-order valence-electron chi connectivity index (χ3n) is 4.36. The van der Waals surface area contributed by atoms with Crippen LogP contribution in [0.15, 0.2) is 54.7 Å². The first-order chi connectivity index (χ1) is 13.2. The number of likely N-dealkylation sites (N-methyl/N-ethyl adjacent to an activating group) is 1. The number of benzene rings is 1. The van der Waals surface area contributed by atoms with E-state index in [1.165, 1.54) is 5.56 Å². The molecule has 0 aliphatic heterocycles. The molecule has 0 unspecified atom stereocenters. The van der Waals surface area contributed by atoms with E-state index in [9.17, 15) is 0 Å². The molecular weight excluding hydrogens is 336 g/mol. The van der Waals surface area contributed by atoms with Crippen LogP contribution in [0.5, 0.6) is 0 Å². The van der Waals surface area contributed by atoms with Crippen LogP contribution in [0.4, 0.5) is 5.82 Å². The third kappa shape index (κ3) is 4.80. The molecule has 0 aliphatic carbocycles. The van der Waals surface area contributed by atoms with E-state index in [4.69, 9.17) is 10.8 Å². The van der Waals surface area contributed by atoms with Crippen molar-refractivity contribution in [1.82, 2.24) is 25.1 Å². The van der Waals surface area contributed by atoms with Gasteiger partial charge in [0.25, 0.3) is 0 Å². The first kappa shape index (κ1) is 18.8. The van der Waals surface area contributed by atoms with Crippen molar-refractivity contribution in [3.05, 3.63) is 71.6 Å². The van der Waals surface area contributed by atoms with Gasteiger partial charge in [-0.15, -0.1) is 0 Å². The number of anilines is 1. The minimum absolute atomic E-state index is 0.524. The normalized spacial score (nSPS) is 11.3. The summed E-state index contributed by atoms with van der Waals surface area (Å²) in [6.45, 7) is 3.59. The average molecular weight is 362 g/mol. The fourth-order valence-corrected chi connectivity index (χ4v) is 2.84. The average Bonchev–Trinajstić information content (AvgIpc) is 3.08. The lowest BCUT2D eigenvalue weighted by Gasteiger charge is -2.06. The van der Waals surface area contributed by atoms with Crippen LogP contribution in [0.2, 0.25) is 0 Å². The number of nitrogen functional groups attached to an aromatic ring is 1. The molecular formula is C21H26N6. The van der Waals surface area contributed by atoms with E-state index in [2.05, 4.69) is 39.6 Å². The summed E-state index contributed by atoms with van der Waals surface area (Å²) in [5.74, 6) is 1.09. The fraction of sp³-hybridized carbons (Fsp3) is 0.286. The number of aryl methyl sites for hydroxylation is 1. The number of hydrogen-bond donors (Lipinski definition) is 2. The highest BCUT2D eigenvalue weighted by atomic mass is 15.3. The quantitative estimate of drug-likeness (QED) is 0.602. The molecule has 1 aromatic carbocycles. The minimum atomic E-state index is 0.524. The number of nitrogens with zero attached hydrogens (tertiary/aromatic N) is 4. The molecule has 0 radical (unpaired) electrons. The Morgan fingerprint density at radius 1 is 1.19 bits per heavy atom. The lowest BCUT2D eigenvalue weighted by Crippen LogP contribution is -2.07. The summed E-state index contributed by atoms with van der Waals surface area (Å²) in [4.78, 5) is 8.91. The molecule has 6 heteroatoms. The second-order valence-electron chi connectivity index (χ2n) is 6.36. The molecule has 0 atom stereocenters. The number of rotatable bonds is 8. The first-order valence-corrected chi connectivity index (χ1v) is 9.23. The first-order valence-electron chi connectivity index (χ1n) is 9.23. The minimum Gasteiger partial charge on any atom is -0.383 e. The summed E-state index contributed by atoms with van der Waals surface area (Å²) in [5.41, 5.74) is 10.1. The molecule has 2 heterocycles. The molecule has 6 nitrogen and oxygen atoms in total. The van der Waals surface area contributed by atoms with E-state index < -0.39 is 0 Å². The molecule has 0 aliphatic rings. The molecule has 0 saturated heterocycles. The van der Waals surface area contributed by atoms with Gasteiger partial charge in [-0.1, -0.05) is 49.4 Å². The molecule has 0 fully saturated rings. The Bertz CT molecular complexity index is 898. The molecule has 2 aromatic heterocycles.